The van der Waals surface area contributed by atoms with Crippen molar-refractivity contribution in [3.63, 3.8) is 0 Å². The highest BCUT2D eigenvalue weighted by molar-refractivity contribution is 7.10. The third kappa shape index (κ3) is 2.65. The van der Waals surface area contributed by atoms with E-state index in [4.69, 9.17) is 0 Å². The van der Waals surface area contributed by atoms with Gasteiger partial charge in [-0.15, -0.1) is 17.9 Å². The molecule has 1 aromatic rings. The van der Waals surface area contributed by atoms with Gasteiger partial charge < -0.3 is 10.2 Å². The Bertz CT molecular complexity index is 427. The number of nitrogens with zero attached hydrogens (tertiary/aromatic N) is 1. The van der Waals surface area contributed by atoms with Crippen LogP contribution in [-0.2, 0) is 11.2 Å². The highest BCUT2D eigenvalue weighted by Gasteiger charge is 2.29. The first-order valence-corrected chi connectivity index (χ1v) is 7.33. The molecule has 0 aromatic carbocycles. The van der Waals surface area contributed by atoms with Gasteiger partial charge in [-0.05, 0) is 29.9 Å². The van der Waals surface area contributed by atoms with E-state index in [2.05, 4.69) is 30.3 Å². The smallest absolute Gasteiger partial charge is 0.237 e. The van der Waals surface area contributed by atoms with Crippen molar-refractivity contribution < 1.29 is 4.79 Å². The molecule has 98 valence electrons. The summed E-state index contributed by atoms with van der Waals surface area (Å²) in [5.74, 6) is 0.195. The number of thiophene rings is 1. The van der Waals surface area contributed by atoms with Gasteiger partial charge in [0.15, 0.2) is 0 Å². The van der Waals surface area contributed by atoms with Crippen LogP contribution < -0.4 is 5.32 Å². The van der Waals surface area contributed by atoms with Crippen LogP contribution in [0.2, 0.25) is 0 Å². The fourth-order valence-corrected chi connectivity index (χ4v) is 3.45. The first-order valence-electron chi connectivity index (χ1n) is 6.45. The molecule has 2 rings (SSSR count). The maximum atomic E-state index is 12.2. The van der Waals surface area contributed by atoms with Crippen molar-refractivity contribution in [3.05, 3.63) is 34.5 Å². The summed E-state index contributed by atoms with van der Waals surface area (Å²) in [7, 11) is 0. The molecule has 1 aliphatic rings. The maximum absolute atomic E-state index is 12.2. The third-order valence-corrected chi connectivity index (χ3v) is 4.36. The van der Waals surface area contributed by atoms with Crippen molar-refractivity contribution in [1.29, 1.82) is 0 Å². The number of rotatable bonds is 5. The molecule has 1 atom stereocenters. The summed E-state index contributed by atoms with van der Waals surface area (Å²) in [6.45, 7) is 7.72. The van der Waals surface area contributed by atoms with Crippen molar-refractivity contribution in [2.75, 3.05) is 19.6 Å². The largest absolute Gasteiger partial charge is 0.334 e. The zero-order chi connectivity index (χ0) is 13.0. The fraction of sp³-hybridized carbons (Fsp3) is 0.500. The Kier molecular flexibility index (Phi) is 4.55. The third-order valence-electron chi connectivity index (χ3n) is 3.37. The molecular formula is C14H20N2OS. The monoisotopic (exact) mass is 264 g/mol. The Morgan fingerprint density at radius 2 is 2.56 bits per heavy atom. The molecule has 1 N–H and O–H groups in total. The van der Waals surface area contributed by atoms with E-state index in [1.807, 2.05) is 16.2 Å². The fourth-order valence-electron chi connectivity index (χ4n) is 2.52. The molecule has 0 radical (unpaired) electrons. The highest BCUT2D eigenvalue weighted by Crippen LogP contribution is 2.34. The summed E-state index contributed by atoms with van der Waals surface area (Å²) in [6.07, 6.45) is 3.76. The van der Waals surface area contributed by atoms with Crippen molar-refractivity contribution >= 4 is 17.2 Å². The van der Waals surface area contributed by atoms with Crippen LogP contribution in [0.3, 0.4) is 0 Å². The topological polar surface area (TPSA) is 32.3 Å². The zero-order valence-corrected chi connectivity index (χ0v) is 11.6. The molecule has 0 bridgehead atoms. The molecule has 0 saturated heterocycles. The Balaban J connectivity index is 2.05. The lowest BCUT2D eigenvalue weighted by Crippen LogP contribution is -2.43. The number of carbonyl (C=O) groups excluding carboxylic acids is 1. The maximum Gasteiger partial charge on any atom is 0.237 e. The summed E-state index contributed by atoms with van der Waals surface area (Å²) in [5, 5.41) is 5.22. The van der Waals surface area contributed by atoms with E-state index in [-0.39, 0.29) is 11.9 Å². The number of fused-ring (bicyclic) bond motifs is 1. The Labute approximate surface area is 112 Å². The first-order chi connectivity index (χ1) is 8.77. The summed E-state index contributed by atoms with van der Waals surface area (Å²) >= 11 is 1.81. The van der Waals surface area contributed by atoms with Crippen molar-refractivity contribution in [2.45, 2.75) is 25.8 Å². The zero-order valence-electron chi connectivity index (χ0n) is 10.8. The predicted molar refractivity (Wildman–Crippen MR) is 75.8 cm³/mol. The van der Waals surface area contributed by atoms with E-state index in [1.165, 1.54) is 10.4 Å². The second-order valence-electron chi connectivity index (χ2n) is 4.48. The van der Waals surface area contributed by atoms with Crippen LogP contribution in [0, 0.1) is 0 Å². The van der Waals surface area contributed by atoms with Gasteiger partial charge in [-0.2, -0.15) is 0 Å². The van der Waals surface area contributed by atoms with E-state index in [1.54, 1.807) is 6.08 Å². The summed E-state index contributed by atoms with van der Waals surface area (Å²) in [5.41, 5.74) is 1.35. The molecule has 18 heavy (non-hydrogen) atoms. The average Bonchev–Trinajstić information content (AvgIpc) is 2.85. The molecule has 1 aliphatic heterocycles. The lowest BCUT2D eigenvalue weighted by molar-refractivity contribution is -0.133. The lowest BCUT2D eigenvalue weighted by atomic mass is 9.98. The van der Waals surface area contributed by atoms with Crippen LogP contribution in [0.1, 0.15) is 29.8 Å². The van der Waals surface area contributed by atoms with Gasteiger partial charge in [0.05, 0.1) is 12.6 Å². The van der Waals surface area contributed by atoms with Crippen LogP contribution in [0.25, 0.3) is 0 Å². The number of amides is 1. The SMILES string of the molecule is C=CCNCC(=O)N1CCc2sccc2C1CC. The Hall–Kier alpha value is -1.13. The molecule has 0 aliphatic carbocycles. The quantitative estimate of drug-likeness (QED) is 0.654. The first kappa shape index (κ1) is 13.3. The van der Waals surface area contributed by atoms with E-state index in [9.17, 15) is 4.79 Å². The van der Waals surface area contributed by atoms with Crippen molar-refractivity contribution in [1.82, 2.24) is 10.2 Å². The number of hydrogen-bond acceptors (Lipinski definition) is 3. The van der Waals surface area contributed by atoms with Crippen LogP contribution in [0.5, 0.6) is 0 Å². The second-order valence-corrected chi connectivity index (χ2v) is 5.48. The molecule has 0 fully saturated rings. The lowest BCUT2D eigenvalue weighted by Gasteiger charge is -2.35. The van der Waals surface area contributed by atoms with E-state index in [0.717, 1.165) is 19.4 Å². The molecule has 3 nitrogen and oxygen atoms in total. The van der Waals surface area contributed by atoms with Gasteiger partial charge in [0.1, 0.15) is 0 Å². The van der Waals surface area contributed by atoms with Gasteiger partial charge in [-0.25, -0.2) is 0 Å². The number of carbonyl (C=O) groups is 1. The van der Waals surface area contributed by atoms with E-state index >= 15 is 0 Å². The minimum absolute atomic E-state index is 0.195. The van der Waals surface area contributed by atoms with E-state index in [0.29, 0.717) is 13.1 Å². The minimum atomic E-state index is 0.195. The van der Waals surface area contributed by atoms with Gasteiger partial charge in [0.2, 0.25) is 5.91 Å². The molecule has 1 amide bonds. The molecule has 2 heterocycles. The van der Waals surface area contributed by atoms with Gasteiger partial charge in [-0.3, -0.25) is 4.79 Å². The van der Waals surface area contributed by atoms with Crippen LogP contribution in [0.15, 0.2) is 24.1 Å². The Morgan fingerprint density at radius 3 is 3.28 bits per heavy atom. The van der Waals surface area contributed by atoms with Gasteiger partial charge >= 0.3 is 0 Å². The molecule has 0 saturated carbocycles. The van der Waals surface area contributed by atoms with Crippen LogP contribution in [0.4, 0.5) is 0 Å². The van der Waals surface area contributed by atoms with Crippen molar-refractivity contribution in [2.24, 2.45) is 0 Å². The number of nitrogens with one attached hydrogen (secondary N) is 1. The standard InChI is InChI=1S/C14H20N2OS/c1-3-7-15-10-14(17)16-8-5-13-11(6-9-18-13)12(16)4-2/h3,6,9,12,15H,1,4-5,7-8,10H2,2H3. The second kappa shape index (κ2) is 6.16. The molecule has 1 aromatic heterocycles. The van der Waals surface area contributed by atoms with E-state index < -0.39 is 0 Å². The van der Waals surface area contributed by atoms with Gasteiger partial charge in [0, 0.05) is 18.0 Å². The summed E-state index contributed by atoms with van der Waals surface area (Å²) in [6, 6.07) is 2.43. The summed E-state index contributed by atoms with van der Waals surface area (Å²) < 4.78 is 0. The van der Waals surface area contributed by atoms with Gasteiger partial charge in [-0.1, -0.05) is 13.0 Å². The van der Waals surface area contributed by atoms with Crippen LogP contribution in [-0.4, -0.2) is 30.4 Å². The highest BCUT2D eigenvalue weighted by atomic mass is 32.1. The minimum Gasteiger partial charge on any atom is -0.334 e. The molecule has 4 heteroatoms. The number of hydrogen-bond donors (Lipinski definition) is 1. The Morgan fingerprint density at radius 1 is 1.72 bits per heavy atom. The van der Waals surface area contributed by atoms with Crippen molar-refractivity contribution in [3.8, 4) is 0 Å². The molecule has 1 unspecified atom stereocenters. The summed E-state index contributed by atoms with van der Waals surface area (Å²) in [4.78, 5) is 15.7. The van der Waals surface area contributed by atoms with Gasteiger partial charge in [0.25, 0.3) is 0 Å². The normalized spacial score (nSPS) is 18.5. The van der Waals surface area contributed by atoms with Crippen LogP contribution >= 0.6 is 11.3 Å². The molecule has 0 spiro atoms. The average molecular weight is 264 g/mol. The molecular weight excluding hydrogens is 244 g/mol. The predicted octanol–water partition coefficient (Wildman–Crippen LogP) is 2.36.